The van der Waals surface area contributed by atoms with Crippen molar-refractivity contribution < 1.29 is 14.6 Å². The zero-order valence-electron chi connectivity index (χ0n) is 14.0. The lowest BCUT2D eigenvalue weighted by Gasteiger charge is -2.32. The van der Waals surface area contributed by atoms with Gasteiger partial charge in [0.05, 0.1) is 5.92 Å². The number of hydrogen-bond donors (Lipinski definition) is 3. The van der Waals surface area contributed by atoms with Gasteiger partial charge in [-0.3, -0.25) is 9.69 Å². The molecule has 1 aromatic carbocycles. The molecule has 24 heavy (non-hydrogen) atoms. The van der Waals surface area contributed by atoms with Gasteiger partial charge in [-0.1, -0.05) is 6.07 Å². The summed E-state index contributed by atoms with van der Waals surface area (Å²) in [6.07, 6.45) is 3.19. The van der Waals surface area contributed by atoms with Gasteiger partial charge in [0.2, 0.25) is 5.91 Å². The number of aliphatic hydroxyl groups excluding tert-OH is 1. The zero-order valence-corrected chi connectivity index (χ0v) is 14.0. The smallest absolute Gasteiger partial charge is 0.224 e. The first-order valence-electron chi connectivity index (χ1n) is 8.48. The van der Waals surface area contributed by atoms with Gasteiger partial charge in [0, 0.05) is 37.2 Å². The van der Waals surface area contributed by atoms with Gasteiger partial charge in [0.1, 0.15) is 18.5 Å². The molecule has 2 unspecified atom stereocenters. The predicted molar refractivity (Wildman–Crippen MR) is 93.0 cm³/mol. The molecule has 1 aliphatic heterocycles. The molecule has 1 aliphatic rings. The number of piperidine rings is 1. The maximum Gasteiger partial charge on any atom is 0.224 e. The van der Waals surface area contributed by atoms with Crippen molar-refractivity contribution in [1.29, 1.82) is 0 Å². The van der Waals surface area contributed by atoms with Crippen LogP contribution < -0.4 is 10.1 Å². The molecule has 0 saturated carbocycles. The molecule has 2 atom stereocenters. The highest BCUT2D eigenvalue weighted by Gasteiger charge is 2.26. The molecule has 0 radical (unpaired) electrons. The van der Waals surface area contributed by atoms with E-state index in [1.807, 2.05) is 30.5 Å². The Balaban J connectivity index is 1.51. The van der Waals surface area contributed by atoms with Crippen molar-refractivity contribution in [3.05, 3.63) is 30.5 Å². The lowest BCUT2D eigenvalue weighted by atomic mass is 9.97. The second-order valence-corrected chi connectivity index (χ2v) is 6.37. The summed E-state index contributed by atoms with van der Waals surface area (Å²) in [5.74, 6) is 0.879. The minimum Gasteiger partial charge on any atom is -0.490 e. The van der Waals surface area contributed by atoms with E-state index in [1.165, 1.54) is 0 Å². The summed E-state index contributed by atoms with van der Waals surface area (Å²) in [4.78, 5) is 17.1. The lowest BCUT2D eigenvalue weighted by Crippen LogP contribution is -2.45. The van der Waals surface area contributed by atoms with Crippen LogP contribution in [0.4, 0.5) is 0 Å². The van der Waals surface area contributed by atoms with Gasteiger partial charge in [0.15, 0.2) is 0 Å². The summed E-state index contributed by atoms with van der Waals surface area (Å²) in [5.41, 5.74) is 1.02. The third kappa shape index (κ3) is 3.88. The van der Waals surface area contributed by atoms with Crippen LogP contribution in [-0.4, -0.2) is 60.3 Å². The molecule has 6 nitrogen and oxygen atoms in total. The number of likely N-dealkylation sites (tertiary alicyclic amines) is 1. The Bertz CT molecular complexity index is 685. The molecule has 2 aromatic rings. The average molecular weight is 331 g/mol. The highest BCUT2D eigenvalue weighted by atomic mass is 16.5. The minimum absolute atomic E-state index is 0.0190. The number of aromatic amines is 1. The SMILES string of the molecule is CNC(=O)C1CCCN(CC(O)COc2cccc3[nH]ccc23)C1. The Morgan fingerprint density at radius 3 is 3.21 bits per heavy atom. The Hall–Kier alpha value is -2.05. The fraction of sp³-hybridized carbons (Fsp3) is 0.500. The number of carbonyl (C=O) groups excluding carboxylic acids is 1. The van der Waals surface area contributed by atoms with E-state index in [2.05, 4.69) is 15.2 Å². The molecule has 1 saturated heterocycles. The largest absolute Gasteiger partial charge is 0.490 e. The molecule has 0 bridgehead atoms. The predicted octanol–water partition coefficient (Wildman–Crippen LogP) is 1.37. The highest BCUT2D eigenvalue weighted by Crippen LogP contribution is 2.24. The number of aliphatic hydroxyl groups is 1. The Morgan fingerprint density at radius 2 is 2.38 bits per heavy atom. The van der Waals surface area contributed by atoms with E-state index in [4.69, 9.17) is 4.74 Å². The fourth-order valence-electron chi connectivity index (χ4n) is 3.36. The van der Waals surface area contributed by atoms with Crippen molar-refractivity contribution in [1.82, 2.24) is 15.2 Å². The number of aromatic nitrogens is 1. The maximum absolute atomic E-state index is 11.8. The zero-order chi connectivity index (χ0) is 16.9. The number of β-amino-alcohol motifs (C(OH)–C–C–N with tert-alkyl or cyclic N) is 1. The van der Waals surface area contributed by atoms with Crippen molar-refractivity contribution in [3.8, 4) is 5.75 Å². The molecule has 0 spiro atoms. The van der Waals surface area contributed by atoms with E-state index < -0.39 is 6.10 Å². The normalized spacial score (nSPS) is 20.0. The molecular weight excluding hydrogens is 306 g/mol. The van der Waals surface area contributed by atoms with Gasteiger partial charge in [-0.05, 0) is 37.6 Å². The van der Waals surface area contributed by atoms with Crippen LogP contribution in [0.25, 0.3) is 10.9 Å². The number of amides is 1. The topological polar surface area (TPSA) is 77.6 Å². The number of benzene rings is 1. The number of H-pyrrole nitrogens is 1. The van der Waals surface area contributed by atoms with E-state index in [0.29, 0.717) is 13.1 Å². The summed E-state index contributed by atoms with van der Waals surface area (Å²) in [6, 6.07) is 7.80. The van der Waals surface area contributed by atoms with E-state index >= 15 is 0 Å². The number of rotatable bonds is 6. The maximum atomic E-state index is 11.8. The van der Waals surface area contributed by atoms with Crippen LogP contribution >= 0.6 is 0 Å². The summed E-state index contributed by atoms with van der Waals surface area (Å²) < 4.78 is 5.80. The minimum atomic E-state index is -0.581. The summed E-state index contributed by atoms with van der Waals surface area (Å²) in [6.45, 7) is 2.38. The molecule has 2 heterocycles. The van der Waals surface area contributed by atoms with Crippen molar-refractivity contribution in [2.45, 2.75) is 18.9 Å². The molecule has 3 rings (SSSR count). The van der Waals surface area contributed by atoms with Gasteiger partial charge >= 0.3 is 0 Å². The molecule has 1 aromatic heterocycles. The number of nitrogens with one attached hydrogen (secondary N) is 2. The first-order chi connectivity index (χ1) is 11.7. The summed E-state index contributed by atoms with van der Waals surface area (Å²) in [5, 5.41) is 14.0. The molecule has 3 N–H and O–H groups in total. The standard InChI is InChI=1S/C18H25N3O3/c1-19-18(23)13-4-3-9-21(10-13)11-14(22)12-24-17-6-2-5-16-15(17)7-8-20-16/h2,5-8,13-14,20,22H,3-4,9-12H2,1H3,(H,19,23). The Morgan fingerprint density at radius 1 is 1.50 bits per heavy atom. The van der Waals surface area contributed by atoms with E-state index in [0.717, 1.165) is 36.0 Å². The lowest BCUT2D eigenvalue weighted by molar-refractivity contribution is -0.126. The van der Waals surface area contributed by atoms with Crippen LogP contribution in [0.1, 0.15) is 12.8 Å². The first-order valence-corrected chi connectivity index (χ1v) is 8.48. The van der Waals surface area contributed by atoms with E-state index in [9.17, 15) is 9.90 Å². The number of fused-ring (bicyclic) bond motifs is 1. The van der Waals surface area contributed by atoms with Crippen molar-refractivity contribution in [2.24, 2.45) is 5.92 Å². The van der Waals surface area contributed by atoms with E-state index in [-0.39, 0.29) is 18.4 Å². The molecule has 0 aliphatic carbocycles. The molecule has 130 valence electrons. The summed E-state index contributed by atoms with van der Waals surface area (Å²) in [7, 11) is 1.67. The Kier molecular flexibility index (Phi) is 5.37. The molecule has 6 heteroatoms. The average Bonchev–Trinajstić information content (AvgIpc) is 3.08. The Labute approximate surface area is 141 Å². The monoisotopic (exact) mass is 331 g/mol. The number of ether oxygens (including phenoxy) is 1. The molecule has 1 amide bonds. The second-order valence-electron chi connectivity index (χ2n) is 6.37. The van der Waals surface area contributed by atoms with Crippen LogP contribution in [0.3, 0.4) is 0 Å². The van der Waals surface area contributed by atoms with Crippen LogP contribution in [-0.2, 0) is 4.79 Å². The van der Waals surface area contributed by atoms with Crippen LogP contribution in [0.2, 0.25) is 0 Å². The first kappa shape index (κ1) is 16.8. The highest BCUT2D eigenvalue weighted by molar-refractivity contribution is 5.85. The summed E-state index contributed by atoms with van der Waals surface area (Å²) >= 11 is 0. The van der Waals surface area contributed by atoms with Crippen molar-refractivity contribution >= 4 is 16.8 Å². The van der Waals surface area contributed by atoms with Gasteiger partial charge in [-0.15, -0.1) is 0 Å². The van der Waals surface area contributed by atoms with Gasteiger partial charge in [-0.2, -0.15) is 0 Å². The van der Waals surface area contributed by atoms with Gasteiger partial charge < -0.3 is 20.1 Å². The van der Waals surface area contributed by atoms with Crippen molar-refractivity contribution in [2.75, 3.05) is 33.3 Å². The third-order valence-corrected chi connectivity index (χ3v) is 4.58. The number of hydrogen-bond acceptors (Lipinski definition) is 4. The molecular formula is C18H25N3O3. The van der Waals surface area contributed by atoms with Crippen LogP contribution in [0, 0.1) is 5.92 Å². The van der Waals surface area contributed by atoms with E-state index in [1.54, 1.807) is 7.05 Å². The van der Waals surface area contributed by atoms with Gasteiger partial charge in [0.25, 0.3) is 0 Å². The quantitative estimate of drug-likeness (QED) is 0.747. The van der Waals surface area contributed by atoms with Crippen LogP contribution in [0.15, 0.2) is 30.5 Å². The van der Waals surface area contributed by atoms with Crippen molar-refractivity contribution in [3.63, 3.8) is 0 Å². The molecule has 1 fully saturated rings. The van der Waals surface area contributed by atoms with Gasteiger partial charge in [-0.25, -0.2) is 0 Å². The second kappa shape index (κ2) is 7.68. The third-order valence-electron chi connectivity index (χ3n) is 4.58. The van der Waals surface area contributed by atoms with Crippen LogP contribution in [0.5, 0.6) is 5.75 Å². The fourth-order valence-corrected chi connectivity index (χ4v) is 3.36. The number of carbonyl (C=O) groups is 1. The number of nitrogens with zero attached hydrogens (tertiary/aromatic N) is 1.